The van der Waals surface area contributed by atoms with Crippen LogP contribution in [0.4, 0.5) is 0 Å². The number of aliphatic hydroxyl groups excluding tert-OH is 2. The van der Waals surface area contributed by atoms with Gasteiger partial charge >= 0.3 is 11.9 Å². The van der Waals surface area contributed by atoms with E-state index in [0.29, 0.717) is 0 Å². The van der Waals surface area contributed by atoms with Crippen LogP contribution in [0.2, 0.25) is 0 Å². The second-order valence-corrected chi connectivity index (χ2v) is 11.4. The normalized spacial score (nSPS) is 52.7. The lowest BCUT2D eigenvalue weighted by Gasteiger charge is -2.55. The van der Waals surface area contributed by atoms with E-state index in [1.165, 1.54) is 13.8 Å². The zero-order valence-corrected chi connectivity index (χ0v) is 21.2. The molecule has 0 radical (unpaired) electrons. The fourth-order valence-corrected chi connectivity index (χ4v) is 7.53. The van der Waals surface area contributed by atoms with Crippen LogP contribution in [0.15, 0.2) is 12.2 Å². The van der Waals surface area contributed by atoms with Crippen molar-refractivity contribution in [3.8, 4) is 0 Å². The molecule has 2 aliphatic carbocycles. The first-order valence-electron chi connectivity index (χ1n) is 12.3. The van der Waals surface area contributed by atoms with E-state index in [-0.39, 0.29) is 36.0 Å². The van der Waals surface area contributed by atoms with Crippen LogP contribution in [0.3, 0.4) is 0 Å². The number of carbonyl (C=O) groups excluding carboxylic acids is 2. The molecule has 4 fully saturated rings. The van der Waals surface area contributed by atoms with Gasteiger partial charge in [-0.3, -0.25) is 9.59 Å². The maximum Gasteiger partial charge on any atom is 0.312 e. The van der Waals surface area contributed by atoms with E-state index in [9.17, 15) is 24.9 Å². The van der Waals surface area contributed by atoms with Crippen molar-refractivity contribution in [2.45, 2.75) is 101 Å². The number of aliphatic hydroxyl groups is 3. The van der Waals surface area contributed by atoms with Crippen molar-refractivity contribution in [3.05, 3.63) is 12.2 Å². The highest BCUT2D eigenvalue weighted by molar-refractivity contribution is 6.23. The molecule has 4 aliphatic rings. The monoisotopic (exact) mass is 500 g/mol. The molecule has 9 heteroatoms. The first kappa shape index (κ1) is 25.9. The van der Waals surface area contributed by atoms with Gasteiger partial charge in [-0.25, -0.2) is 0 Å². The third kappa shape index (κ3) is 3.55. The summed E-state index contributed by atoms with van der Waals surface area (Å²) in [5.41, 5.74) is -2.87. The van der Waals surface area contributed by atoms with Crippen LogP contribution < -0.4 is 0 Å². The summed E-state index contributed by atoms with van der Waals surface area (Å²) in [6.07, 6.45) is -3.47. The molecular formula is C25H37ClO8. The maximum atomic E-state index is 12.8. The molecule has 4 rings (SSSR count). The van der Waals surface area contributed by atoms with E-state index in [2.05, 4.69) is 13.5 Å². The Balaban J connectivity index is 1.95. The SMILES string of the molecule is C=C1[C@@H](O)C[C@H](O)[C@]2(C)[C@H]([C@@H](C)[C@@H](CCC)[C@@H]3O[C@@H]32)[C@H](OC(C)=O)[C@]2(O)[C@@H](C)C(=O)O[C@H]2[C@H]1Cl. The van der Waals surface area contributed by atoms with Gasteiger partial charge in [0, 0.05) is 24.7 Å². The summed E-state index contributed by atoms with van der Waals surface area (Å²) in [4.78, 5) is 25.2. The number of esters is 2. The highest BCUT2D eigenvalue weighted by Gasteiger charge is 2.74. The Bertz CT molecular complexity index is 864. The van der Waals surface area contributed by atoms with Crippen LogP contribution in [0, 0.1) is 29.1 Å². The minimum Gasteiger partial charge on any atom is -0.459 e. The van der Waals surface area contributed by atoms with E-state index < -0.39 is 64.6 Å². The van der Waals surface area contributed by atoms with Crippen LogP contribution in [-0.2, 0) is 23.8 Å². The largest absolute Gasteiger partial charge is 0.459 e. The molecule has 0 unspecified atom stereocenters. The minimum atomic E-state index is -2.01. The second kappa shape index (κ2) is 8.73. The molecule has 2 aliphatic heterocycles. The van der Waals surface area contributed by atoms with Crippen LogP contribution >= 0.6 is 11.6 Å². The summed E-state index contributed by atoms with van der Waals surface area (Å²) in [7, 11) is 0. The zero-order chi connectivity index (χ0) is 25.3. The number of epoxide rings is 1. The smallest absolute Gasteiger partial charge is 0.312 e. The van der Waals surface area contributed by atoms with Gasteiger partial charge in [-0.1, -0.05) is 33.8 Å². The Morgan fingerprint density at radius 3 is 2.53 bits per heavy atom. The number of fused-ring (bicyclic) bond motifs is 4. The first-order chi connectivity index (χ1) is 15.8. The fourth-order valence-electron chi connectivity index (χ4n) is 7.13. The maximum absolute atomic E-state index is 12.8. The van der Waals surface area contributed by atoms with Crippen molar-refractivity contribution in [1.82, 2.24) is 0 Å². The summed E-state index contributed by atoms with van der Waals surface area (Å²) in [5, 5.41) is 33.6. The van der Waals surface area contributed by atoms with Crippen LogP contribution in [0.25, 0.3) is 0 Å². The molecule has 3 N–H and O–H groups in total. The molecule has 2 heterocycles. The number of hydrogen-bond donors (Lipinski definition) is 3. The minimum absolute atomic E-state index is 0.0613. The van der Waals surface area contributed by atoms with E-state index in [1.54, 1.807) is 0 Å². The average Bonchev–Trinajstić information content (AvgIpc) is 3.54. The van der Waals surface area contributed by atoms with Crippen molar-refractivity contribution in [3.63, 3.8) is 0 Å². The van der Waals surface area contributed by atoms with Crippen molar-refractivity contribution >= 4 is 23.5 Å². The molecule has 0 amide bonds. The van der Waals surface area contributed by atoms with Crippen LogP contribution in [0.1, 0.15) is 53.9 Å². The van der Waals surface area contributed by atoms with Crippen molar-refractivity contribution < 1.29 is 39.1 Å². The molecule has 2 saturated carbocycles. The predicted molar refractivity (Wildman–Crippen MR) is 123 cm³/mol. The number of halogens is 1. The number of ether oxygens (including phenoxy) is 3. The summed E-state index contributed by atoms with van der Waals surface area (Å²) in [5.74, 6) is -2.99. The van der Waals surface area contributed by atoms with Gasteiger partial charge in [0.05, 0.1) is 35.7 Å². The third-order valence-corrected chi connectivity index (χ3v) is 9.69. The van der Waals surface area contributed by atoms with E-state index in [0.717, 1.165) is 12.8 Å². The molecule has 0 bridgehead atoms. The van der Waals surface area contributed by atoms with Gasteiger partial charge in [-0.15, -0.1) is 11.6 Å². The molecule has 0 aromatic carbocycles. The summed E-state index contributed by atoms with van der Waals surface area (Å²) >= 11 is 6.65. The van der Waals surface area contributed by atoms with E-state index in [1.807, 2.05) is 13.8 Å². The molecule has 0 spiro atoms. The molecule has 0 aromatic rings. The highest BCUT2D eigenvalue weighted by atomic mass is 35.5. The molecule has 0 aromatic heterocycles. The van der Waals surface area contributed by atoms with Gasteiger partial charge in [0.25, 0.3) is 0 Å². The third-order valence-electron chi connectivity index (χ3n) is 9.18. The van der Waals surface area contributed by atoms with E-state index >= 15 is 0 Å². The average molecular weight is 501 g/mol. The van der Waals surface area contributed by atoms with Gasteiger partial charge < -0.3 is 29.5 Å². The predicted octanol–water partition coefficient (Wildman–Crippen LogP) is 1.96. The summed E-state index contributed by atoms with van der Waals surface area (Å²) in [6.45, 7) is 12.6. The summed E-state index contributed by atoms with van der Waals surface area (Å²) < 4.78 is 17.6. The Morgan fingerprint density at radius 1 is 1.29 bits per heavy atom. The Hall–Kier alpha value is -1.19. The topological polar surface area (TPSA) is 126 Å². The number of hydrogen-bond acceptors (Lipinski definition) is 8. The number of alkyl halides is 1. The highest BCUT2D eigenvalue weighted by Crippen LogP contribution is 2.63. The number of rotatable bonds is 3. The fraction of sp³-hybridized carbons (Fsp3) is 0.840. The molecule has 8 nitrogen and oxygen atoms in total. The van der Waals surface area contributed by atoms with Gasteiger partial charge in [-0.2, -0.15) is 0 Å². The quantitative estimate of drug-likeness (QED) is 0.232. The lowest BCUT2D eigenvalue weighted by Crippen LogP contribution is -2.68. The van der Waals surface area contributed by atoms with Gasteiger partial charge in [0.2, 0.25) is 0 Å². The van der Waals surface area contributed by atoms with Crippen molar-refractivity contribution in [1.29, 1.82) is 0 Å². The molecule has 2 saturated heterocycles. The van der Waals surface area contributed by atoms with E-state index in [4.69, 9.17) is 25.8 Å². The molecule has 192 valence electrons. The van der Waals surface area contributed by atoms with Crippen LogP contribution in [-0.4, -0.2) is 74.9 Å². The molecule has 34 heavy (non-hydrogen) atoms. The lowest BCUT2D eigenvalue weighted by atomic mass is 9.51. The van der Waals surface area contributed by atoms with Crippen molar-refractivity contribution in [2.75, 3.05) is 0 Å². The van der Waals surface area contributed by atoms with Gasteiger partial charge in [0.1, 0.15) is 6.10 Å². The Kier molecular flexibility index (Phi) is 6.65. The van der Waals surface area contributed by atoms with Crippen LogP contribution in [0.5, 0.6) is 0 Å². The Labute approximate surface area is 205 Å². The number of carbonyl (C=O) groups is 2. The zero-order valence-electron chi connectivity index (χ0n) is 20.4. The van der Waals surface area contributed by atoms with Gasteiger partial charge in [0.15, 0.2) is 11.7 Å². The molecular weight excluding hydrogens is 464 g/mol. The molecule has 13 atom stereocenters. The Morgan fingerprint density at radius 2 is 1.94 bits per heavy atom. The standard InChI is InChI=1S/C25H37ClO8/c1-7-8-14-10(2)17-20(32-13(5)27)25(31)12(4)23(30)34-21(25)18(26)11(3)15(28)9-16(29)24(17,6)22-19(14)33-22/h10,12,14-22,28-29,31H,3,7-9H2,1-2,4-6H3/t10-,12-,14+,15-,16-,17+,18-,19-,20-,21-,22-,24+,25+/m0/s1. The lowest BCUT2D eigenvalue weighted by molar-refractivity contribution is -0.220. The van der Waals surface area contributed by atoms with Crippen molar-refractivity contribution in [2.24, 2.45) is 29.1 Å². The summed E-state index contributed by atoms with van der Waals surface area (Å²) in [6, 6.07) is 0. The second-order valence-electron chi connectivity index (χ2n) is 11.0. The van der Waals surface area contributed by atoms with Gasteiger partial charge in [-0.05, 0) is 30.8 Å². The first-order valence-corrected chi connectivity index (χ1v) is 12.7.